The zero-order chi connectivity index (χ0) is 27.7. The molecule has 0 aromatic heterocycles. The Balaban J connectivity index is 1.56. The van der Waals surface area contributed by atoms with Crippen LogP contribution in [0.3, 0.4) is 0 Å². The van der Waals surface area contributed by atoms with Gasteiger partial charge in [-0.3, -0.25) is 4.79 Å². The zero-order valence-electron chi connectivity index (χ0n) is 21.8. The summed E-state index contributed by atoms with van der Waals surface area (Å²) in [5.41, 5.74) is 3.70. The van der Waals surface area contributed by atoms with Crippen molar-refractivity contribution in [2.45, 2.75) is 24.0 Å². The molecule has 0 amide bonds. The molecule has 4 atom stereocenters. The van der Waals surface area contributed by atoms with Crippen molar-refractivity contribution in [3.8, 4) is 34.5 Å². The van der Waals surface area contributed by atoms with E-state index < -0.39 is 24.0 Å². The van der Waals surface area contributed by atoms with Crippen molar-refractivity contribution < 1.29 is 43.8 Å². The summed E-state index contributed by atoms with van der Waals surface area (Å²) in [6.07, 6.45) is 2.63. The minimum absolute atomic E-state index is 0.00500. The Hall–Kier alpha value is -4.21. The van der Waals surface area contributed by atoms with Crippen LogP contribution in [-0.2, 0) is 4.79 Å². The third kappa shape index (κ3) is 4.53. The van der Waals surface area contributed by atoms with Gasteiger partial charge in [0.15, 0.2) is 34.5 Å². The topological polar surface area (TPSA) is 124 Å². The number of carbonyl (C=O) groups excluding carboxylic acids is 1. The molecule has 0 bridgehead atoms. The van der Waals surface area contributed by atoms with E-state index in [-0.39, 0.29) is 19.0 Å². The highest BCUT2D eigenvalue weighted by molar-refractivity contribution is 5.75. The van der Waals surface area contributed by atoms with Crippen molar-refractivity contribution in [2.75, 3.05) is 34.5 Å². The predicted octanol–water partition coefficient (Wildman–Crippen LogP) is 4.05. The van der Waals surface area contributed by atoms with Crippen LogP contribution in [0, 0.1) is 0 Å². The van der Waals surface area contributed by atoms with Crippen molar-refractivity contribution in [1.82, 2.24) is 0 Å². The number of methoxy groups -OCH3 is 3. The summed E-state index contributed by atoms with van der Waals surface area (Å²) < 4.78 is 29.2. The average molecular weight is 535 g/mol. The van der Waals surface area contributed by atoms with E-state index >= 15 is 0 Å². The Morgan fingerprint density at radius 3 is 1.92 bits per heavy atom. The third-order valence-corrected chi connectivity index (χ3v) is 7.29. The summed E-state index contributed by atoms with van der Waals surface area (Å²) >= 11 is 0. The monoisotopic (exact) mass is 534 g/mol. The number of aliphatic hydroxyl groups excluding tert-OH is 2. The van der Waals surface area contributed by atoms with Gasteiger partial charge in [0.1, 0.15) is 18.5 Å². The van der Waals surface area contributed by atoms with E-state index in [2.05, 4.69) is 0 Å². The first kappa shape index (κ1) is 26.4. The molecule has 0 saturated carbocycles. The Morgan fingerprint density at radius 2 is 1.33 bits per heavy atom. The molecule has 5 rings (SSSR count). The Kier molecular flexibility index (Phi) is 7.36. The molecular formula is C30H30O9. The highest BCUT2D eigenvalue weighted by atomic mass is 16.5. The normalized spacial score (nSPS) is 21.2. The van der Waals surface area contributed by atoms with Crippen molar-refractivity contribution in [3.63, 3.8) is 0 Å². The number of aldehydes is 1. The number of fused-ring (bicyclic) bond motifs is 2. The molecule has 9 heteroatoms. The van der Waals surface area contributed by atoms with Gasteiger partial charge in [0.25, 0.3) is 0 Å². The molecule has 0 spiro atoms. The second-order valence-corrected chi connectivity index (χ2v) is 9.36. The number of phenolic OH excluding ortho intramolecular Hbond substituents is 1. The van der Waals surface area contributed by atoms with E-state index in [9.17, 15) is 20.1 Å². The van der Waals surface area contributed by atoms with Gasteiger partial charge >= 0.3 is 0 Å². The van der Waals surface area contributed by atoms with Crippen LogP contribution in [0.5, 0.6) is 34.5 Å². The molecule has 204 valence electrons. The maximum Gasteiger partial charge on any atom is 0.165 e. The van der Waals surface area contributed by atoms with Crippen LogP contribution in [0.4, 0.5) is 0 Å². The first-order valence-corrected chi connectivity index (χ1v) is 12.4. The first-order valence-electron chi connectivity index (χ1n) is 12.4. The number of hydrogen-bond acceptors (Lipinski definition) is 9. The molecule has 3 aromatic carbocycles. The zero-order valence-corrected chi connectivity index (χ0v) is 21.8. The Morgan fingerprint density at radius 1 is 0.769 bits per heavy atom. The highest BCUT2D eigenvalue weighted by Gasteiger charge is 2.42. The molecule has 39 heavy (non-hydrogen) atoms. The number of aliphatic hydroxyl groups is 2. The van der Waals surface area contributed by atoms with Gasteiger partial charge in [-0.25, -0.2) is 0 Å². The first-order chi connectivity index (χ1) is 19.0. The summed E-state index contributed by atoms with van der Waals surface area (Å²) in [5.74, 6) is 1.43. The minimum atomic E-state index is -0.574. The molecule has 0 saturated heterocycles. The Bertz CT molecular complexity index is 1410. The number of allylic oxidation sites excluding steroid dienone is 1. The lowest BCUT2D eigenvalue weighted by atomic mass is 9.86. The van der Waals surface area contributed by atoms with Crippen LogP contribution in [0.25, 0.3) is 6.08 Å². The van der Waals surface area contributed by atoms with Crippen molar-refractivity contribution in [1.29, 1.82) is 0 Å². The molecule has 3 N–H and O–H groups in total. The molecule has 2 heterocycles. The van der Waals surface area contributed by atoms with E-state index in [4.69, 9.17) is 23.7 Å². The van der Waals surface area contributed by atoms with E-state index in [1.165, 1.54) is 33.5 Å². The fraction of sp³-hybridized carbons (Fsp3) is 0.300. The van der Waals surface area contributed by atoms with E-state index in [0.717, 1.165) is 27.8 Å². The van der Waals surface area contributed by atoms with Crippen molar-refractivity contribution in [3.05, 3.63) is 76.4 Å². The number of ether oxygens (including phenoxy) is 5. The molecule has 0 radical (unpaired) electrons. The predicted molar refractivity (Wildman–Crippen MR) is 142 cm³/mol. The fourth-order valence-electron chi connectivity index (χ4n) is 5.41. The van der Waals surface area contributed by atoms with E-state index in [1.807, 2.05) is 18.2 Å². The van der Waals surface area contributed by atoms with Crippen LogP contribution < -0.4 is 23.7 Å². The van der Waals surface area contributed by atoms with Crippen LogP contribution in [0.15, 0.2) is 48.5 Å². The Labute approximate surface area is 225 Å². The second kappa shape index (κ2) is 10.9. The number of phenols is 1. The quantitative estimate of drug-likeness (QED) is 0.276. The largest absolute Gasteiger partial charge is 0.504 e. The van der Waals surface area contributed by atoms with Gasteiger partial charge in [0, 0.05) is 11.1 Å². The van der Waals surface area contributed by atoms with E-state index in [0.29, 0.717) is 35.0 Å². The summed E-state index contributed by atoms with van der Waals surface area (Å²) in [5, 5.41) is 30.9. The molecule has 2 aliphatic rings. The van der Waals surface area contributed by atoms with Gasteiger partial charge in [0.2, 0.25) is 0 Å². The number of hydrogen-bond donors (Lipinski definition) is 3. The van der Waals surface area contributed by atoms with Crippen LogP contribution in [0.2, 0.25) is 0 Å². The highest BCUT2D eigenvalue weighted by Crippen LogP contribution is 2.55. The van der Waals surface area contributed by atoms with Crippen LogP contribution in [0.1, 0.15) is 51.9 Å². The SMILES string of the molecule is COc1cc([C@H]2Oc3c(OC)cc([C@@H]4Oc5c(OC)cc(/C=C/C=O)cc5[C@H]4CO)cc3[C@@H]2CO)ccc1O. The number of aromatic hydroxyl groups is 1. The lowest BCUT2D eigenvalue weighted by Gasteiger charge is -2.20. The van der Waals surface area contributed by atoms with Gasteiger partial charge in [-0.15, -0.1) is 0 Å². The molecular weight excluding hydrogens is 504 g/mol. The van der Waals surface area contributed by atoms with E-state index in [1.54, 1.807) is 24.3 Å². The number of carbonyl (C=O) groups is 1. The van der Waals surface area contributed by atoms with Crippen LogP contribution in [-0.4, -0.2) is 56.1 Å². The van der Waals surface area contributed by atoms with Gasteiger partial charge in [-0.2, -0.15) is 0 Å². The molecule has 0 unspecified atom stereocenters. The summed E-state index contributed by atoms with van der Waals surface area (Å²) in [6, 6.07) is 12.3. The third-order valence-electron chi connectivity index (χ3n) is 7.29. The lowest BCUT2D eigenvalue weighted by Crippen LogP contribution is -2.15. The maximum atomic E-state index is 10.8. The summed E-state index contributed by atoms with van der Waals surface area (Å²) in [4.78, 5) is 10.8. The lowest BCUT2D eigenvalue weighted by molar-refractivity contribution is -0.104. The summed E-state index contributed by atoms with van der Waals surface area (Å²) in [7, 11) is 4.54. The fourth-order valence-corrected chi connectivity index (χ4v) is 5.41. The van der Waals surface area contributed by atoms with Crippen LogP contribution >= 0.6 is 0 Å². The summed E-state index contributed by atoms with van der Waals surface area (Å²) in [6.45, 7) is -0.403. The molecule has 3 aromatic rings. The second-order valence-electron chi connectivity index (χ2n) is 9.36. The molecule has 0 fully saturated rings. The number of benzene rings is 3. The molecule has 0 aliphatic carbocycles. The van der Waals surface area contributed by atoms with Crippen molar-refractivity contribution in [2.24, 2.45) is 0 Å². The van der Waals surface area contributed by atoms with Gasteiger partial charge < -0.3 is 39.0 Å². The van der Waals surface area contributed by atoms with Crippen molar-refractivity contribution >= 4 is 12.4 Å². The smallest absolute Gasteiger partial charge is 0.165 e. The van der Waals surface area contributed by atoms with Gasteiger partial charge in [0.05, 0.1) is 46.4 Å². The van der Waals surface area contributed by atoms with Gasteiger partial charge in [-0.1, -0.05) is 12.1 Å². The molecule has 9 nitrogen and oxygen atoms in total. The average Bonchev–Trinajstić information content (AvgIpc) is 3.53. The minimum Gasteiger partial charge on any atom is -0.504 e. The number of rotatable bonds is 9. The maximum absolute atomic E-state index is 10.8. The molecule has 2 aliphatic heterocycles. The van der Waals surface area contributed by atoms with Gasteiger partial charge in [-0.05, 0) is 59.2 Å². The standard InChI is InChI=1S/C30H30O9/c1-35-24-12-17(6-7-23(24)34)27-22(15-33)20-11-18(13-26(37-3)30(20)38-27)28-21(14-32)19-9-16(5-4-8-31)10-25(36-2)29(19)39-28/h4-13,21-22,27-28,32-34H,14-15H2,1-3H3/b5-4+/t21-,22+,27-,28+/m1/s1.